The standard InChI is InChI=1S/C21H26O4.C9H7F2NO3/c1-5-24-13-15-11-18(22-3)20(19(12-15)23-4)16-9-8-14(2)21-17(16)7-6-10-25-21;10-5-2-1-3-6(11)8(5)9(15)12-4-7(13)14/h8-9,11-12H,5-7,10,13H2,1-4H3;1-3H,4H2,(H,12,15)(H,13,14). The molecule has 214 valence electrons. The van der Waals surface area contributed by atoms with Crippen molar-refractivity contribution >= 4 is 11.9 Å². The first-order valence-corrected chi connectivity index (χ1v) is 12.7. The lowest BCUT2D eigenvalue weighted by Gasteiger charge is -2.24. The van der Waals surface area contributed by atoms with E-state index < -0.39 is 35.6 Å². The molecule has 3 aromatic rings. The molecule has 1 aliphatic rings. The summed E-state index contributed by atoms with van der Waals surface area (Å²) in [5.41, 5.74) is 4.77. The van der Waals surface area contributed by atoms with Crippen molar-refractivity contribution in [2.75, 3.05) is 34.0 Å². The number of carbonyl (C=O) groups excluding carboxylic acids is 1. The zero-order valence-corrected chi connectivity index (χ0v) is 22.9. The Morgan fingerprint density at radius 1 is 1.05 bits per heavy atom. The number of fused-ring (bicyclic) bond motifs is 1. The number of amides is 1. The van der Waals surface area contributed by atoms with Crippen molar-refractivity contribution in [2.24, 2.45) is 0 Å². The van der Waals surface area contributed by atoms with Gasteiger partial charge in [0.15, 0.2) is 0 Å². The molecule has 0 spiro atoms. The zero-order chi connectivity index (χ0) is 29.2. The molecule has 3 aromatic carbocycles. The normalized spacial score (nSPS) is 11.8. The van der Waals surface area contributed by atoms with E-state index in [2.05, 4.69) is 19.1 Å². The molecule has 0 saturated carbocycles. The van der Waals surface area contributed by atoms with Crippen LogP contribution in [-0.4, -0.2) is 51.0 Å². The van der Waals surface area contributed by atoms with Crippen LogP contribution in [-0.2, 0) is 22.6 Å². The minimum absolute atomic E-state index is 0.540. The lowest BCUT2D eigenvalue weighted by molar-refractivity contribution is -0.135. The molecule has 1 heterocycles. The fourth-order valence-corrected chi connectivity index (χ4v) is 4.35. The van der Waals surface area contributed by atoms with E-state index in [-0.39, 0.29) is 0 Å². The summed E-state index contributed by atoms with van der Waals surface area (Å²) in [6.45, 7) is 5.38. The number of carboxylic acid groups (broad SMARTS) is 1. The Bertz CT molecular complexity index is 1310. The molecule has 0 atom stereocenters. The molecular weight excluding hydrogens is 524 g/mol. The van der Waals surface area contributed by atoms with Gasteiger partial charge in [-0.05, 0) is 67.6 Å². The van der Waals surface area contributed by atoms with Gasteiger partial charge >= 0.3 is 5.97 Å². The van der Waals surface area contributed by atoms with Crippen molar-refractivity contribution in [3.05, 3.63) is 76.4 Å². The lowest BCUT2D eigenvalue weighted by Crippen LogP contribution is -2.30. The Hall–Kier alpha value is -4.18. The third-order valence-electron chi connectivity index (χ3n) is 6.17. The van der Waals surface area contributed by atoms with Gasteiger partial charge in [0.25, 0.3) is 5.91 Å². The molecule has 0 aromatic heterocycles. The number of benzene rings is 3. The summed E-state index contributed by atoms with van der Waals surface area (Å²) in [5, 5.41) is 10.1. The Kier molecular flexibility index (Phi) is 10.8. The number of methoxy groups -OCH3 is 2. The summed E-state index contributed by atoms with van der Waals surface area (Å²) >= 11 is 0. The van der Waals surface area contributed by atoms with Gasteiger partial charge in [0.2, 0.25) is 0 Å². The van der Waals surface area contributed by atoms with E-state index in [4.69, 9.17) is 24.1 Å². The molecule has 8 nitrogen and oxygen atoms in total. The van der Waals surface area contributed by atoms with Crippen LogP contribution in [0.15, 0.2) is 42.5 Å². The van der Waals surface area contributed by atoms with Crippen molar-refractivity contribution < 1.29 is 42.4 Å². The Labute approximate surface area is 231 Å². The number of halogens is 2. The Morgan fingerprint density at radius 3 is 2.27 bits per heavy atom. The largest absolute Gasteiger partial charge is 0.496 e. The molecule has 0 saturated heterocycles. The van der Waals surface area contributed by atoms with Crippen molar-refractivity contribution in [1.82, 2.24) is 5.32 Å². The van der Waals surface area contributed by atoms with Crippen LogP contribution in [0, 0.1) is 18.6 Å². The molecule has 0 aliphatic carbocycles. The fourth-order valence-electron chi connectivity index (χ4n) is 4.35. The highest BCUT2D eigenvalue weighted by Gasteiger charge is 2.23. The van der Waals surface area contributed by atoms with Crippen LogP contribution in [0.5, 0.6) is 17.2 Å². The van der Waals surface area contributed by atoms with Crippen LogP contribution in [0.25, 0.3) is 11.1 Å². The van der Waals surface area contributed by atoms with Gasteiger partial charge in [-0.1, -0.05) is 18.2 Å². The van der Waals surface area contributed by atoms with Gasteiger partial charge < -0.3 is 29.4 Å². The quantitative estimate of drug-likeness (QED) is 0.367. The van der Waals surface area contributed by atoms with E-state index in [0.29, 0.717) is 13.2 Å². The number of carbonyl (C=O) groups is 2. The summed E-state index contributed by atoms with van der Waals surface area (Å²) in [6, 6.07) is 11.3. The van der Waals surface area contributed by atoms with Crippen LogP contribution >= 0.6 is 0 Å². The van der Waals surface area contributed by atoms with Crippen LogP contribution < -0.4 is 19.5 Å². The molecule has 2 N–H and O–H groups in total. The van der Waals surface area contributed by atoms with Gasteiger partial charge in [0.1, 0.15) is 41.0 Å². The van der Waals surface area contributed by atoms with Gasteiger partial charge in [-0.25, -0.2) is 8.78 Å². The SMILES string of the molecule is CCOCc1cc(OC)c(-c2ccc(C)c3c2CCCO3)c(OC)c1.O=C(O)CNC(=O)c1c(F)cccc1F. The smallest absolute Gasteiger partial charge is 0.322 e. The minimum atomic E-state index is -1.29. The molecule has 1 amide bonds. The number of rotatable bonds is 9. The summed E-state index contributed by atoms with van der Waals surface area (Å²) in [5.74, 6) is -1.84. The topological polar surface area (TPSA) is 103 Å². The molecule has 40 heavy (non-hydrogen) atoms. The number of nitrogens with one attached hydrogen (secondary N) is 1. The predicted octanol–water partition coefficient (Wildman–Crippen LogP) is 5.32. The maximum absolute atomic E-state index is 13.0. The van der Waals surface area contributed by atoms with E-state index in [9.17, 15) is 18.4 Å². The first kappa shape index (κ1) is 30.4. The monoisotopic (exact) mass is 557 g/mol. The van der Waals surface area contributed by atoms with Crippen LogP contribution in [0.1, 0.15) is 40.4 Å². The molecule has 10 heteroatoms. The second-order valence-corrected chi connectivity index (χ2v) is 8.88. The number of carboxylic acids is 1. The lowest BCUT2D eigenvalue weighted by atomic mass is 9.91. The Morgan fingerprint density at radius 2 is 1.70 bits per heavy atom. The van der Waals surface area contributed by atoms with E-state index >= 15 is 0 Å². The highest BCUT2D eigenvalue weighted by molar-refractivity contribution is 5.96. The summed E-state index contributed by atoms with van der Waals surface area (Å²) in [4.78, 5) is 21.2. The number of hydrogen-bond acceptors (Lipinski definition) is 6. The second kappa shape index (κ2) is 14.3. The molecule has 1 aliphatic heterocycles. The van der Waals surface area contributed by atoms with Crippen LogP contribution in [0.4, 0.5) is 8.78 Å². The van der Waals surface area contributed by atoms with Crippen LogP contribution in [0.3, 0.4) is 0 Å². The minimum Gasteiger partial charge on any atom is -0.496 e. The third-order valence-corrected chi connectivity index (χ3v) is 6.17. The number of aliphatic carboxylic acids is 1. The van der Waals surface area contributed by atoms with Crippen LogP contribution in [0.2, 0.25) is 0 Å². The van der Waals surface area contributed by atoms with Crippen molar-refractivity contribution in [2.45, 2.75) is 33.3 Å². The molecule has 0 unspecified atom stereocenters. The third kappa shape index (κ3) is 7.26. The van der Waals surface area contributed by atoms with Gasteiger partial charge in [-0.2, -0.15) is 0 Å². The van der Waals surface area contributed by atoms with Gasteiger partial charge in [0, 0.05) is 12.2 Å². The van der Waals surface area contributed by atoms with E-state index in [1.54, 1.807) is 14.2 Å². The molecule has 0 fully saturated rings. The molecular formula is C30H33F2NO7. The van der Waals surface area contributed by atoms with Crippen molar-refractivity contribution in [1.29, 1.82) is 0 Å². The van der Waals surface area contributed by atoms with E-state index in [1.807, 2.05) is 24.4 Å². The van der Waals surface area contributed by atoms with Gasteiger partial charge in [0.05, 0.1) is 33.0 Å². The zero-order valence-electron chi connectivity index (χ0n) is 22.9. The Balaban J connectivity index is 0.000000252. The summed E-state index contributed by atoms with van der Waals surface area (Å²) < 4.78 is 48.8. The fraction of sp³-hybridized carbons (Fsp3) is 0.333. The summed E-state index contributed by atoms with van der Waals surface area (Å²) in [7, 11) is 3.39. The van der Waals surface area contributed by atoms with E-state index in [1.165, 1.54) is 11.1 Å². The second-order valence-electron chi connectivity index (χ2n) is 8.88. The first-order chi connectivity index (χ1) is 19.2. The number of aryl methyl sites for hydroxylation is 1. The number of hydrogen-bond donors (Lipinski definition) is 2. The highest BCUT2D eigenvalue weighted by Crippen LogP contribution is 2.45. The van der Waals surface area contributed by atoms with E-state index in [0.717, 1.165) is 71.6 Å². The molecule has 0 bridgehead atoms. The maximum Gasteiger partial charge on any atom is 0.322 e. The van der Waals surface area contributed by atoms with Crippen molar-refractivity contribution in [3.63, 3.8) is 0 Å². The van der Waals surface area contributed by atoms with Crippen molar-refractivity contribution in [3.8, 4) is 28.4 Å². The molecule has 4 rings (SSSR count). The average molecular weight is 558 g/mol. The molecule has 0 radical (unpaired) electrons. The predicted molar refractivity (Wildman–Crippen MR) is 145 cm³/mol. The summed E-state index contributed by atoms with van der Waals surface area (Å²) in [6.07, 6.45) is 2.02. The maximum atomic E-state index is 13.0. The van der Waals surface area contributed by atoms with Gasteiger partial charge in [-0.15, -0.1) is 0 Å². The average Bonchev–Trinajstić information content (AvgIpc) is 2.95. The highest BCUT2D eigenvalue weighted by atomic mass is 19.1. The van der Waals surface area contributed by atoms with Gasteiger partial charge in [-0.3, -0.25) is 9.59 Å². The number of ether oxygens (including phenoxy) is 4. The first-order valence-electron chi connectivity index (χ1n) is 12.7.